The van der Waals surface area contributed by atoms with E-state index in [1.807, 2.05) is 0 Å². The van der Waals surface area contributed by atoms with Gasteiger partial charge in [0, 0.05) is 12.1 Å². The highest BCUT2D eigenvalue weighted by molar-refractivity contribution is 5.77. The lowest BCUT2D eigenvalue weighted by Gasteiger charge is -2.15. The fraction of sp³-hybridized carbons (Fsp3) is 0.364. The lowest BCUT2D eigenvalue weighted by molar-refractivity contribution is -0.138. The molecule has 1 aromatic rings. The second-order valence-corrected chi connectivity index (χ2v) is 3.47. The molecule has 5 heteroatoms. The quantitative estimate of drug-likeness (QED) is 0.812. The van der Waals surface area contributed by atoms with E-state index in [0.29, 0.717) is 11.3 Å². The van der Waals surface area contributed by atoms with Crippen molar-refractivity contribution in [2.45, 2.75) is 12.8 Å². The summed E-state index contributed by atoms with van der Waals surface area (Å²) in [5, 5.41) is 8.95. The van der Waals surface area contributed by atoms with Crippen molar-refractivity contribution in [1.82, 2.24) is 0 Å². The Labute approximate surface area is 92.8 Å². The van der Waals surface area contributed by atoms with Crippen molar-refractivity contribution >= 4 is 5.97 Å². The van der Waals surface area contributed by atoms with Gasteiger partial charge in [0.25, 0.3) is 0 Å². The van der Waals surface area contributed by atoms with Gasteiger partial charge in [-0.3, -0.25) is 4.79 Å². The van der Waals surface area contributed by atoms with E-state index in [4.69, 9.17) is 15.6 Å². The van der Waals surface area contributed by atoms with E-state index in [2.05, 4.69) is 0 Å². The number of hydrogen-bond donors (Lipinski definition) is 2. The topological polar surface area (TPSA) is 72.5 Å². The molecule has 0 saturated heterocycles. The lowest BCUT2D eigenvalue weighted by Crippen LogP contribution is -2.22. The van der Waals surface area contributed by atoms with Gasteiger partial charge in [-0.25, -0.2) is 4.39 Å². The zero-order valence-corrected chi connectivity index (χ0v) is 9.16. The number of halogens is 1. The van der Waals surface area contributed by atoms with Crippen LogP contribution in [0.2, 0.25) is 0 Å². The van der Waals surface area contributed by atoms with Crippen LogP contribution >= 0.6 is 0 Å². The van der Waals surface area contributed by atoms with Crippen LogP contribution in [-0.4, -0.2) is 24.7 Å². The molecule has 0 aromatic heterocycles. The molecule has 0 fully saturated rings. The van der Waals surface area contributed by atoms with Crippen molar-refractivity contribution < 1.29 is 19.0 Å². The number of aliphatic carboxylic acids is 1. The molecule has 3 N–H and O–H groups in total. The maximum Gasteiger partial charge on any atom is 0.312 e. The molecule has 1 aromatic carbocycles. The molecule has 88 valence electrons. The van der Waals surface area contributed by atoms with Crippen LogP contribution in [0.25, 0.3) is 0 Å². The summed E-state index contributed by atoms with van der Waals surface area (Å²) in [6.07, 6.45) is 0. The Balaban J connectivity index is 3.30. The Bertz CT molecular complexity index is 406. The average Bonchev–Trinajstić information content (AvgIpc) is 2.23. The van der Waals surface area contributed by atoms with Crippen molar-refractivity contribution in [2.75, 3.05) is 13.7 Å². The molecule has 0 spiro atoms. The number of benzene rings is 1. The molecular weight excluding hydrogens is 213 g/mol. The first-order valence-electron chi connectivity index (χ1n) is 4.78. The first kappa shape index (κ1) is 12.4. The van der Waals surface area contributed by atoms with Crippen LogP contribution in [0.1, 0.15) is 17.0 Å². The molecule has 4 nitrogen and oxygen atoms in total. The van der Waals surface area contributed by atoms with Gasteiger partial charge in [-0.1, -0.05) is 0 Å². The zero-order chi connectivity index (χ0) is 12.3. The predicted molar refractivity (Wildman–Crippen MR) is 57.1 cm³/mol. The second kappa shape index (κ2) is 4.94. The fourth-order valence-electron chi connectivity index (χ4n) is 1.48. The van der Waals surface area contributed by atoms with E-state index >= 15 is 0 Å². The smallest absolute Gasteiger partial charge is 0.312 e. The van der Waals surface area contributed by atoms with Gasteiger partial charge in [-0.2, -0.15) is 0 Å². The standard InChI is InChI=1S/C11H14FNO3/c1-6-3-10(16-2)7(4-9(6)12)8(5-13)11(14)15/h3-4,8H,5,13H2,1-2H3,(H,14,15). The minimum Gasteiger partial charge on any atom is -0.496 e. The average molecular weight is 227 g/mol. The van der Waals surface area contributed by atoms with Crippen LogP contribution in [0.4, 0.5) is 4.39 Å². The summed E-state index contributed by atoms with van der Waals surface area (Å²) in [6.45, 7) is 1.48. The van der Waals surface area contributed by atoms with E-state index in [0.717, 1.165) is 0 Å². The first-order valence-corrected chi connectivity index (χ1v) is 4.78. The summed E-state index contributed by atoms with van der Waals surface area (Å²) in [4.78, 5) is 10.9. The summed E-state index contributed by atoms with van der Waals surface area (Å²) in [5.41, 5.74) is 6.03. The maximum absolute atomic E-state index is 13.4. The van der Waals surface area contributed by atoms with Gasteiger partial charge in [0.2, 0.25) is 0 Å². The van der Waals surface area contributed by atoms with Gasteiger partial charge in [0.15, 0.2) is 0 Å². The van der Waals surface area contributed by atoms with Crippen molar-refractivity contribution in [1.29, 1.82) is 0 Å². The first-order chi connectivity index (χ1) is 7.51. The molecule has 1 atom stereocenters. The van der Waals surface area contributed by atoms with Gasteiger partial charge in [0.05, 0.1) is 13.0 Å². The molecule has 1 rings (SSSR count). The molecule has 0 amide bonds. The highest BCUT2D eigenvalue weighted by atomic mass is 19.1. The number of hydrogen-bond acceptors (Lipinski definition) is 3. The van der Waals surface area contributed by atoms with Crippen LogP contribution < -0.4 is 10.5 Å². The van der Waals surface area contributed by atoms with Crippen molar-refractivity contribution in [3.8, 4) is 5.75 Å². The van der Waals surface area contributed by atoms with Crippen LogP contribution in [0, 0.1) is 12.7 Å². The largest absolute Gasteiger partial charge is 0.496 e. The van der Waals surface area contributed by atoms with Gasteiger partial charge < -0.3 is 15.6 Å². The second-order valence-electron chi connectivity index (χ2n) is 3.47. The molecule has 0 aliphatic rings. The SMILES string of the molecule is COc1cc(C)c(F)cc1C(CN)C(=O)O. The Morgan fingerprint density at radius 2 is 2.25 bits per heavy atom. The van der Waals surface area contributed by atoms with E-state index in [-0.39, 0.29) is 12.1 Å². The van der Waals surface area contributed by atoms with Gasteiger partial charge in [-0.05, 0) is 24.6 Å². The molecule has 16 heavy (non-hydrogen) atoms. The Hall–Kier alpha value is -1.62. The maximum atomic E-state index is 13.4. The Morgan fingerprint density at radius 3 is 2.69 bits per heavy atom. The number of ether oxygens (including phenoxy) is 1. The number of aryl methyl sites for hydroxylation is 1. The molecular formula is C11H14FNO3. The molecule has 0 heterocycles. The number of rotatable bonds is 4. The third kappa shape index (κ3) is 2.30. The van der Waals surface area contributed by atoms with Crippen molar-refractivity contribution in [2.24, 2.45) is 5.73 Å². The van der Waals surface area contributed by atoms with Crippen LogP contribution in [0.15, 0.2) is 12.1 Å². The Kier molecular flexibility index (Phi) is 3.84. The zero-order valence-electron chi connectivity index (χ0n) is 9.16. The number of carboxylic acids is 1. The normalized spacial score (nSPS) is 12.2. The van der Waals surface area contributed by atoms with Crippen LogP contribution in [0.3, 0.4) is 0 Å². The van der Waals surface area contributed by atoms with E-state index in [1.165, 1.54) is 19.2 Å². The minimum absolute atomic E-state index is 0.103. The minimum atomic E-state index is -1.09. The van der Waals surface area contributed by atoms with E-state index in [1.54, 1.807) is 6.92 Å². The van der Waals surface area contributed by atoms with Crippen molar-refractivity contribution in [3.63, 3.8) is 0 Å². The highest BCUT2D eigenvalue weighted by Gasteiger charge is 2.23. The van der Waals surface area contributed by atoms with Crippen LogP contribution in [0.5, 0.6) is 5.75 Å². The summed E-state index contributed by atoms with van der Waals surface area (Å²) in [5.74, 6) is -2.17. The molecule has 0 radical (unpaired) electrons. The summed E-state index contributed by atoms with van der Waals surface area (Å²) < 4.78 is 18.4. The Morgan fingerprint density at radius 1 is 1.62 bits per heavy atom. The van der Waals surface area contributed by atoms with Crippen molar-refractivity contribution in [3.05, 3.63) is 29.1 Å². The third-order valence-electron chi connectivity index (χ3n) is 2.42. The molecule has 1 unspecified atom stereocenters. The molecule has 0 aliphatic heterocycles. The fourth-order valence-corrected chi connectivity index (χ4v) is 1.48. The third-order valence-corrected chi connectivity index (χ3v) is 2.42. The molecule has 0 saturated carbocycles. The number of carboxylic acid groups (broad SMARTS) is 1. The monoisotopic (exact) mass is 227 g/mol. The summed E-state index contributed by atoms with van der Waals surface area (Å²) >= 11 is 0. The van der Waals surface area contributed by atoms with Gasteiger partial charge in [0.1, 0.15) is 11.6 Å². The van der Waals surface area contributed by atoms with Gasteiger partial charge >= 0.3 is 5.97 Å². The predicted octanol–water partition coefficient (Wildman–Crippen LogP) is 1.27. The molecule has 0 aliphatic carbocycles. The number of methoxy groups -OCH3 is 1. The van der Waals surface area contributed by atoms with E-state index in [9.17, 15) is 9.18 Å². The van der Waals surface area contributed by atoms with Gasteiger partial charge in [-0.15, -0.1) is 0 Å². The summed E-state index contributed by atoms with van der Waals surface area (Å²) in [7, 11) is 1.41. The van der Waals surface area contributed by atoms with E-state index < -0.39 is 17.7 Å². The molecule has 0 bridgehead atoms. The summed E-state index contributed by atoms with van der Waals surface area (Å²) in [6, 6.07) is 2.64. The number of carbonyl (C=O) groups is 1. The highest BCUT2D eigenvalue weighted by Crippen LogP contribution is 2.29. The van der Waals surface area contributed by atoms with Crippen LogP contribution in [-0.2, 0) is 4.79 Å². The number of nitrogens with two attached hydrogens (primary N) is 1. The lowest BCUT2D eigenvalue weighted by atomic mass is 9.97.